The second-order valence-electron chi connectivity index (χ2n) is 11.7. The standard InChI is InChI=1S/C28H37ClN6OS.C4H11N/c1-17(2)16-37-27-24(15-35(4)34-27)31-26-22(29)14-30-28(33-26)32-23-12-18(3)21(19-8-6-5-7-9-19)13-25(23)36-20-10-11-20;1-3-5-4-2/h12-15,17,19-20H,5-11,16H2,1-4H3,(H2,30,31,32,33);5H,3-4H2,1-2H3. The van der Waals surface area contributed by atoms with Gasteiger partial charge in [0.15, 0.2) is 5.82 Å². The highest BCUT2D eigenvalue weighted by Crippen LogP contribution is 2.41. The first-order valence-corrected chi connectivity index (χ1v) is 16.9. The lowest BCUT2D eigenvalue weighted by Gasteiger charge is -2.25. The van der Waals surface area contributed by atoms with Crippen LogP contribution in [0.5, 0.6) is 5.75 Å². The molecule has 10 heteroatoms. The van der Waals surface area contributed by atoms with Crippen molar-refractivity contribution in [2.24, 2.45) is 13.0 Å². The highest BCUT2D eigenvalue weighted by molar-refractivity contribution is 7.99. The molecule has 2 aliphatic rings. The van der Waals surface area contributed by atoms with Crippen LogP contribution in [-0.4, -0.2) is 44.7 Å². The number of thioether (sulfide) groups is 1. The van der Waals surface area contributed by atoms with Gasteiger partial charge in [-0.2, -0.15) is 10.1 Å². The Kier molecular flexibility index (Phi) is 12.2. The van der Waals surface area contributed by atoms with E-state index >= 15 is 0 Å². The number of ether oxygens (including phenoxy) is 1. The topological polar surface area (TPSA) is 88.9 Å². The van der Waals surface area contributed by atoms with E-state index in [1.54, 1.807) is 22.6 Å². The maximum absolute atomic E-state index is 6.50. The van der Waals surface area contributed by atoms with Crippen LogP contribution in [-0.2, 0) is 7.05 Å². The number of rotatable bonds is 12. The first-order valence-electron chi connectivity index (χ1n) is 15.5. The lowest BCUT2D eigenvalue weighted by Crippen LogP contribution is -2.09. The Morgan fingerprint density at radius 1 is 1.05 bits per heavy atom. The average molecular weight is 614 g/mol. The Morgan fingerprint density at radius 3 is 2.43 bits per heavy atom. The number of halogens is 1. The quantitative estimate of drug-likeness (QED) is 0.175. The van der Waals surface area contributed by atoms with E-state index in [0.29, 0.717) is 34.7 Å². The molecule has 42 heavy (non-hydrogen) atoms. The summed E-state index contributed by atoms with van der Waals surface area (Å²) in [5.41, 5.74) is 4.48. The summed E-state index contributed by atoms with van der Waals surface area (Å²) < 4.78 is 8.16. The Balaban J connectivity index is 0.000000748. The van der Waals surface area contributed by atoms with Crippen molar-refractivity contribution in [3.63, 3.8) is 0 Å². The predicted octanol–water partition coefficient (Wildman–Crippen LogP) is 8.61. The van der Waals surface area contributed by atoms with Gasteiger partial charge in [-0.1, -0.05) is 58.6 Å². The zero-order chi connectivity index (χ0) is 30.1. The summed E-state index contributed by atoms with van der Waals surface area (Å²) in [6, 6.07) is 4.45. The molecule has 0 unspecified atom stereocenters. The van der Waals surface area contributed by atoms with Crippen LogP contribution in [0.3, 0.4) is 0 Å². The molecule has 2 aliphatic carbocycles. The molecular formula is C32H48ClN7OS. The van der Waals surface area contributed by atoms with Crippen LogP contribution in [0.25, 0.3) is 0 Å². The maximum Gasteiger partial charge on any atom is 0.229 e. The van der Waals surface area contributed by atoms with Crippen molar-refractivity contribution in [1.29, 1.82) is 0 Å². The second-order valence-corrected chi connectivity index (χ2v) is 13.1. The molecule has 2 saturated carbocycles. The van der Waals surface area contributed by atoms with Gasteiger partial charge < -0.3 is 20.7 Å². The molecule has 5 rings (SSSR count). The smallest absolute Gasteiger partial charge is 0.229 e. The van der Waals surface area contributed by atoms with Crippen LogP contribution in [0.2, 0.25) is 5.02 Å². The fourth-order valence-electron chi connectivity index (χ4n) is 5.04. The van der Waals surface area contributed by atoms with Crippen molar-refractivity contribution < 1.29 is 4.74 Å². The van der Waals surface area contributed by atoms with Crippen molar-refractivity contribution in [2.75, 3.05) is 29.5 Å². The number of nitrogens with one attached hydrogen (secondary N) is 3. The largest absolute Gasteiger partial charge is 0.488 e. The molecule has 230 valence electrons. The summed E-state index contributed by atoms with van der Waals surface area (Å²) in [4.78, 5) is 9.18. The number of aromatic nitrogens is 4. The molecule has 2 heterocycles. The molecule has 0 saturated heterocycles. The minimum atomic E-state index is 0.304. The van der Waals surface area contributed by atoms with Gasteiger partial charge in [0, 0.05) is 19.0 Å². The normalized spacial score (nSPS) is 15.3. The van der Waals surface area contributed by atoms with Gasteiger partial charge in [0.1, 0.15) is 15.8 Å². The summed E-state index contributed by atoms with van der Waals surface area (Å²) in [6.45, 7) is 13.0. The van der Waals surface area contributed by atoms with Crippen LogP contribution >= 0.6 is 23.4 Å². The van der Waals surface area contributed by atoms with Crippen molar-refractivity contribution in [3.8, 4) is 5.75 Å². The third-order valence-corrected chi connectivity index (χ3v) is 9.01. The fraction of sp³-hybridized carbons (Fsp3) is 0.594. The van der Waals surface area contributed by atoms with Gasteiger partial charge in [0.05, 0.1) is 23.7 Å². The first kappa shape index (κ1) is 32.4. The van der Waals surface area contributed by atoms with Crippen LogP contribution in [0, 0.1) is 12.8 Å². The molecule has 1 aromatic carbocycles. The van der Waals surface area contributed by atoms with E-state index in [0.717, 1.165) is 53.8 Å². The van der Waals surface area contributed by atoms with Crippen molar-refractivity contribution in [1.82, 2.24) is 25.1 Å². The zero-order valence-corrected chi connectivity index (χ0v) is 27.7. The van der Waals surface area contributed by atoms with Crippen molar-refractivity contribution >= 4 is 46.5 Å². The van der Waals surface area contributed by atoms with E-state index in [2.05, 4.69) is 72.8 Å². The molecule has 8 nitrogen and oxygen atoms in total. The molecule has 0 amide bonds. The summed E-state index contributed by atoms with van der Waals surface area (Å²) in [5.74, 6) is 4.07. The molecular weight excluding hydrogens is 566 g/mol. The van der Waals surface area contributed by atoms with Gasteiger partial charge >= 0.3 is 0 Å². The van der Waals surface area contributed by atoms with Crippen LogP contribution in [0.1, 0.15) is 89.7 Å². The number of hydrogen-bond donors (Lipinski definition) is 3. The second kappa shape index (κ2) is 15.8. The highest BCUT2D eigenvalue weighted by Gasteiger charge is 2.27. The van der Waals surface area contributed by atoms with Gasteiger partial charge in [-0.25, -0.2) is 4.98 Å². The van der Waals surface area contributed by atoms with Crippen molar-refractivity contribution in [2.45, 2.75) is 96.6 Å². The van der Waals surface area contributed by atoms with E-state index in [1.165, 1.54) is 43.2 Å². The molecule has 0 spiro atoms. The van der Waals surface area contributed by atoms with Gasteiger partial charge in [-0.15, -0.1) is 11.8 Å². The van der Waals surface area contributed by atoms with Gasteiger partial charge in [-0.05, 0) is 80.8 Å². The Morgan fingerprint density at radius 2 is 1.79 bits per heavy atom. The third-order valence-electron chi connectivity index (χ3n) is 7.32. The fourth-order valence-corrected chi connectivity index (χ4v) is 6.11. The van der Waals surface area contributed by atoms with E-state index in [9.17, 15) is 0 Å². The molecule has 3 aromatic rings. The van der Waals surface area contributed by atoms with E-state index in [-0.39, 0.29) is 0 Å². The summed E-state index contributed by atoms with van der Waals surface area (Å²) in [6.07, 6.45) is 12.6. The lowest BCUT2D eigenvalue weighted by atomic mass is 9.82. The average Bonchev–Trinajstić information content (AvgIpc) is 3.72. The summed E-state index contributed by atoms with van der Waals surface area (Å²) in [5, 5.41) is 15.9. The first-order chi connectivity index (χ1) is 20.3. The Hall–Kier alpha value is -2.49. The predicted molar refractivity (Wildman–Crippen MR) is 177 cm³/mol. The van der Waals surface area contributed by atoms with E-state index in [1.807, 2.05) is 13.2 Å². The monoisotopic (exact) mass is 613 g/mol. The summed E-state index contributed by atoms with van der Waals surface area (Å²) in [7, 11) is 1.92. The molecule has 0 radical (unpaired) electrons. The van der Waals surface area contributed by atoms with Crippen molar-refractivity contribution in [3.05, 3.63) is 40.7 Å². The van der Waals surface area contributed by atoms with E-state index in [4.69, 9.17) is 21.3 Å². The Labute approximate surface area is 261 Å². The number of benzene rings is 1. The molecule has 2 aromatic heterocycles. The lowest BCUT2D eigenvalue weighted by molar-refractivity contribution is 0.304. The van der Waals surface area contributed by atoms with E-state index < -0.39 is 0 Å². The molecule has 0 bridgehead atoms. The highest BCUT2D eigenvalue weighted by atomic mass is 35.5. The minimum absolute atomic E-state index is 0.304. The number of hydrogen-bond acceptors (Lipinski definition) is 8. The zero-order valence-electron chi connectivity index (χ0n) is 26.1. The SMILES string of the molecule is CCNCC.Cc1cc(Nc2ncc(Cl)c(Nc3cn(C)nc3SCC(C)C)n2)c(OC2CC2)cc1C1CCCCC1. The molecule has 0 atom stereocenters. The Bertz CT molecular complexity index is 1290. The number of aryl methyl sites for hydroxylation is 2. The number of anilines is 4. The van der Waals surface area contributed by atoms with Gasteiger partial charge in [0.2, 0.25) is 5.95 Å². The maximum atomic E-state index is 6.50. The summed E-state index contributed by atoms with van der Waals surface area (Å²) >= 11 is 8.23. The van der Waals surface area contributed by atoms with Crippen LogP contribution < -0.4 is 20.7 Å². The van der Waals surface area contributed by atoms with Gasteiger partial charge in [-0.3, -0.25) is 4.68 Å². The molecule has 0 aliphatic heterocycles. The van der Waals surface area contributed by atoms with Crippen LogP contribution in [0.4, 0.5) is 23.1 Å². The van der Waals surface area contributed by atoms with Gasteiger partial charge in [0.25, 0.3) is 0 Å². The molecule has 2 fully saturated rings. The van der Waals surface area contributed by atoms with Crippen LogP contribution in [0.15, 0.2) is 29.6 Å². The minimum Gasteiger partial charge on any atom is -0.488 e. The third kappa shape index (κ3) is 9.51. The number of nitrogens with zero attached hydrogens (tertiary/aromatic N) is 4. The molecule has 3 N–H and O–H groups in total.